The van der Waals surface area contributed by atoms with E-state index in [-0.39, 0.29) is 0 Å². The molecule has 0 radical (unpaired) electrons. The van der Waals surface area contributed by atoms with Crippen LogP contribution in [0.15, 0.2) is 30.3 Å². The van der Waals surface area contributed by atoms with Crippen LogP contribution < -0.4 is 0 Å². The number of carbonyl (C=O) groups is 1. The van der Waals surface area contributed by atoms with Gasteiger partial charge in [-0.1, -0.05) is 30.3 Å². The molecule has 4 N–H and O–H groups in total. The van der Waals surface area contributed by atoms with Crippen molar-refractivity contribution >= 4 is 5.78 Å². The fourth-order valence-electron chi connectivity index (χ4n) is 2.27. The number of benzene rings is 1. The van der Waals surface area contributed by atoms with Crippen molar-refractivity contribution < 1.29 is 30.0 Å². The highest BCUT2D eigenvalue weighted by atomic mass is 16.5. The summed E-state index contributed by atoms with van der Waals surface area (Å²) in [6.45, 7) is 4.01. The Balaban J connectivity index is 3.16. The molecule has 0 heterocycles. The largest absolute Gasteiger partial charge is 0.394 e. The first-order chi connectivity index (χ1) is 10.2. The van der Waals surface area contributed by atoms with Crippen LogP contribution in [0.2, 0.25) is 0 Å². The molecular weight excluding hydrogens is 288 g/mol. The molecule has 0 saturated heterocycles. The molecule has 0 saturated carbocycles. The number of rotatable bonds is 8. The van der Waals surface area contributed by atoms with E-state index in [0.717, 1.165) is 0 Å². The summed E-state index contributed by atoms with van der Waals surface area (Å²) >= 11 is 0. The fraction of sp³-hybridized carbons (Fsp3) is 0.562. The number of hydrogen-bond acceptors (Lipinski definition) is 6. The van der Waals surface area contributed by atoms with E-state index in [4.69, 9.17) is 9.84 Å². The quantitative estimate of drug-likeness (QED) is 0.508. The molecule has 6 nitrogen and oxygen atoms in total. The minimum atomic E-state index is -1.76. The molecule has 1 rings (SSSR count). The first-order valence-corrected chi connectivity index (χ1v) is 7.16. The third-order valence-corrected chi connectivity index (χ3v) is 3.44. The van der Waals surface area contributed by atoms with Gasteiger partial charge < -0.3 is 25.2 Å². The Kier molecular flexibility index (Phi) is 6.65. The van der Waals surface area contributed by atoms with Gasteiger partial charge in [-0.2, -0.15) is 0 Å². The Hall–Kier alpha value is -1.31. The maximum absolute atomic E-state index is 12.7. The van der Waals surface area contributed by atoms with E-state index >= 15 is 0 Å². The molecule has 0 aliphatic rings. The van der Waals surface area contributed by atoms with Gasteiger partial charge >= 0.3 is 0 Å². The monoisotopic (exact) mass is 312 g/mol. The molecule has 6 heteroatoms. The Morgan fingerprint density at radius 3 is 2.18 bits per heavy atom. The molecule has 22 heavy (non-hydrogen) atoms. The summed E-state index contributed by atoms with van der Waals surface area (Å²) in [6, 6.07) is 8.25. The highest BCUT2D eigenvalue weighted by molar-refractivity contribution is 6.02. The zero-order valence-electron chi connectivity index (χ0n) is 13.0. The van der Waals surface area contributed by atoms with Gasteiger partial charge in [0.25, 0.3) is 0 Å². The van der Waals surface area contributed by atoms with Crippen molar-refractivity contribution in [2.75, 3.05) is 6.61 Å². The van der Waals surface area contributed by atoms with Crippen LogP contribution in [0.4, 0.5) is 0 Å². The van der Waals surface area contributed by atoms with Crippen LogP contribution in [0.5, 0.6) is 0 Å². The summed E-state index contributed by atoms with van der Waals surface area (Å²) in [5, 5.41) is 38.7. The van der Waals surface area contributed by atoms with Crippen molar-refractivity contribution in [3.63, 3.8) is 0 Å². The van der Waals surface area contributed by atoms with E-state index in [9.17, 15) is 20.1 Å². The molecular formula is C16H24O6. The van der Waals surface area contributed by atoms with Crippen LogP contribution >= 0.6 is 0 Å². The molecule has 124 valence electrons. The predicted octanol–water partition coefficient (Wildman–Crippen LogP) is 0.128. The van der Waals surface area contributed by atoms with Gasteiger partial charge in [-0.25, -0.2) is 0 Å². The fourth-order valence-corrected chi connectivity index (χ4v) is 2.27. The smallest absolute Gasteiger partial charge is 0.197 e. The first-order valence-electron chi connectivity index (χ1n) is 7.16. The second kappa shape index (κ2) is 7.80. The lowest BCUT2D eigenvalue weighted by Gasteiger charge is -2.38. The summed E-state index contributed by atoms with van der Waals surface area (Å²) in [6.07, 6.45) is -5.40. The molecule has 1 aromatic rings. The number of carbonyl (C=O) groups excluding carboxylic acids is 1. The number of Topliss-reactive ketones (excluding diaryl/α,β-unsaturated/α-hetero) is 1. The topological polar surface area (TPSA) is 107 Å². The molecule has 0 fully saturated rings. The van der Waals surface area contributed by atoms with E-state index in [1.165, 1.54) is 6.92 Å². The van der Waals surface area contributed by atoms with Gasteiger partial charge in [0, 0.05) is 5.56 Å². The van der Waals surface area contributed by atoms with E-state index in [1.54, 1.807) is 44.2 Å². The highest BCUT2D eigenvalue weighted by Crippen LogP contribution is 2.27. The number of ether oxygens (including phenoxy) is 1. The van der Waals surface area contributed by atoms with Crippen LogP contribution in [-0.4, -0.2) is 62.8 Å². The van der Waals surface area contributed by atoms with E-state index in [1.807, 2.05) is 0 Å². The average molecular weight is 312 g/mol. The molecule has 0 spiro atoms. The Morgan fingerprint density at radius 1 is 1.18 bits per heavy atom. The van der Waals surface area contributed by atoms with Gasteiger partial charge in [-0.05, 0) is 20.8 Å². The van der Waals surface area contributed by atoms with Gasteiger partial charge in [-0.15, -0.1) is 0 Å². The van der Waals surface area contributed by atoms with Crippen LogP contribution in [0, 0.1) is 0 Å². The van der Waals surface area contributed by atoms with E-state index in [2.05, 4.69) is 0 Å². The normalized spacial score (nSPS) is 18.5. The molecule has 4 atom stereocenters. The Labute approximate surface area is 130 Å². The zero-order chi connectivity index (χ0) is 16.9. The SMILES string of the molecule is CC(C)OC(C)(C(=O)c1ccccc1)C(O)C(O)C(O)CO. The lowest BCUT2D eigenvalue weighted by Crippen LogP contribution is -2.58. The summed E-state index contributed by atoms with van der Waals surface area (Å²) in [7, 11) is 0. The minimum Gasteiger partial charge on any atom is -0.394 e. The van der Waals surface area contributed by atoms with Gasteiger partial charge in [0.1, 0.15) is 18.3 Å². The minimum absolute atomic E-state index is 0.315. The van der Waals surface area contributed by atoms with Crippen molar-refractivity contribution in [3.05, 3.63) is 35.9 Å². The lowest BCUT2D eigenvalue weighted by molar-refractivity contribution is -0.166. The molecule has 0 aromatic heterocycles. The average Bonchev–Trinajstić information content (AvgIpc) is 2.51. The summed E-state index contributed by atoms with van der Waals surface area (Å²) < 4.78 is 5.58. The van der Waals surface area contributed by atoms with Gasteiger partial charge in [0.2, 0.25) is 0 Å². The molecule has 0 bridgehead atoms. The highest BCUT2D eigenvalue weighted by Gasteiger charge is 2.47. The van der Waals surface area contributed by atoms with Crippen LogP contribution in [0.1, 0.15) is 31.1 Å². The number of hydrogen-bond donors (Lipinski definition) is 4. The lowest BCUT2D eigenvalue weighted by atomic mass is 9.84. The second-order valence-electron chi connectivity index (χ2n) is 5.65. The number of aliphatic hydroxyl groups is 4. The van der Waals surface area contributed by atoms with Gasteiger partial charge in [0.15, 0.2) is 11.4 Å². The number of ketones is 1. The summed E-state index contributed by atoms with van der Waals surface area (Å²) in [4.78, 5) is 12.7. The Morgan fingerprint density at radius 2 is 1.73 bits per heavy atom. The standard InChI is InChI=1S/C16H24O6/c1-10(2)22-16(3,15(21)13(19)12(18)9-17)14(20)11-7-5-4-6-8-11/h4-8,10,12-13,15,17-19,21H,9H2,1-3H3. The van der Waals surface area contributed by atoms with Crippen molar-refractivity contribution in [3.8, 4) is 0 Å². The molecule has 1 aromatic carbocycles. The van der Waals surface area contributed by atoms with Crippen molar-refractivity contribution in [1.82, 2.24) is 0 Å². The molecule has 0 aliphatic carbocycles. The van der Waals surface area contributed by atoms with Gasteiger partial charge in [-0.3, -0.25) is 4.79 Å². The van der Waals surface area contributed by atoms with Crippen molar-refractivity contribution in [2.45, 2.75) is 50.8 Å². The van der Waals surface area contributed by atoms with Crippen LogP contribution in [0.3, 0.4) is 0 Å². The maximum Gasteiger partial charge on any atom is 0.197 e. The predicted molar refractivity (Wildman–Crippen MR) is 80.5 cm³/mol. The molecule has 4 unspecified atom stereocenters. The maximum atomic E-state index is 12.7. The molecule has 0 amide bonds. The van der Waals surface area contributed by atoms with Gasteiger partial charge in [0.05, 0.1) is 12.7 Å². The summed E-state index contributed by atoms with van der Waals surface area (Å²) in [5.41, 5.74) is -1.44. The second-order valence-corrected chi connectivity index (χ2v) is 5.65. The Bertz CT molecular complexity index is 475. The van der Waals surface area contributed by atoms with Crippen LogP contribution in [-0.2, 0) is 4.74 Å². The first kappa shape index (κ1) is 18.7. The van der Waals surface area contributed by atoms with Crippen molar-refractivity contribution in [1.29, 1.82) is 0 Å². The third kappa shape index (κ3) is 4.12. The zero-order valence-corrected chi connectivity index (χ0v) is 13.0. The van der Waals surface area contributed by atoms with Crippen LogP contribution in [0.25, 0.3) is 0 Å². The van der Waals surface area contributed by atoms with Crippen molar-refractivity contribution in [2.24, 2.45) is 0 Å². The van der Waals surface area contributed by atoms with E-state index < -0.39 is 42.4 Å². The summed E-state index contributed by atoms with van der Waals surface area (Å²) in [5.74, 6) is -0.515. The van der Waals surface area contributed by atoms with E-state index in [0.29, 0.717) is 5.56 Å². The third-order valence-electron chi connectivity index (χ3n) is 3.44. The number of aliphatic hydroxyl groups excluding tert-OH is 4. The molecule has 0 aliphatic heterocycles.